The monoisotopic (exact) mass is 360 g/mol. The number of carbonyl (C=O) groups excluding carboxylic acids is 3. The predicted octanol–water partition coefficient (Wildman–Crippen LogP) is 2.19. The minimum absolute atomic E-state index is 0.0326. The number of benzene rings is 1. The minimum Gasteiger partial charge on any atom is -0.467 e. The van der Waals surface area contributed by atoms with Gasteiger partial charge in [0.25, 0.3) is 0 Å². The normalized spacial score (nSPS) is 16.6. The van der Waals surface area contributed by atoms with Crippen molar-refractivity contribution in [2.75, 3.05) is 19.0 Å². The number of rotatable bonds is 5. The summed E-state index contributed by atoms with van der Waals surface area (Å²) in [4.78, 5) is 37.6. The zero-order valence-corrected chi connectivity index (χ0v) is 14.0. The molecule has 0 aliphatic carbocycles. The molecule has 0 saturated carbocycles. The Kier molecular flexibility index (Phi) is 5.01. The summed E-state index contributed by atoms with van der Waals surface area (Å²) in [5, 5.41) is 2.45. The number of hydrogen-bond acceptors (Lipinski definition) is 5. The van der Waals surface area contributed by atoms with Crippen LogP contribution >= 0.6 is 0 Å². The van der Waals surface area contributed by atoms with E-state index in [0.717, 1.165) is 6.07 Å². The van der Waals surface area contributed by atoms with E-state index in [1.54, 1.807) is 12.1 Å². The van der Waals surface area contributed by atoms with Crippen LogP contribution in [-0.4, -0.2) is 36.3 Å². The van der Waals surface area contributed by atoms with Gasteiger partial charge in [-0.2, -0.15) is 0 Å². The van der Waals surface area contributed by atoms with E-state index < -0.39 is 23.6 Å². The number of anilines is 1. The number of hydrogen-bond donors (Lipinski definition) is 1. The molecular weight excluding hydrogens is 343 g/mol. The Morgan fingerprint density at radius 3 is 2.88 bits per heavy atom. The SMILES string of the molecule is COC(=O)c1ccc(F)c(NC(=O)[C@@H]2CC(=O)N(Cc3ccco3)C2)c1. The molecule has 2 amide bonds. The number of likely N-dealkylation sites (tertiary alicyclic amines) is 1. The summed E-state index contributed by atoms with van der Waals surface area (Å²) in [6.07, 6.45) is 1.54. The summed E-state index contributed by atoms with van der Waals surface area (Å²) in [6.45, 7) is 0.492. The first kappa shape index (κ1) is 17.7. The van der Waals surface area contributed by atoms with Gasteiger partial charge in [-0.1, -0.05) is 0 Å². The molecule has 26 heavy (non-hydrogen) atoms. The van der Waals surface area contributed by atoms with Crippen molar-refractivity contribution >= 4 is 23.5 Å². The second-order valence-corrected chi connectivity index (χ2v) is 5.93. The van der Waals surface area contributed by atoms with E-state index in [0.29, 0.717) is 5.76 Å². The summed E-state index contributed by atoms with van der Waals surface area (Å²) in [5.41, 5.74) is -0.0130. The largest absolute Gasteiger partial charge is 0.467 e. The molecule has 1 aliphatic heterocycles. The Hall–Kier alpha value is -3.16. The van der Waals surface area contributed by atoms with E-state index in [-0.39, 0.29) is 36.7 Å². The van der Waals surface area contributed by atoms with Gasteiger partial charge in [0.1, 0.15) is 11.6 Å². The van der Waals surface area contributed by atoms with Crippen LogP contribution in [0.25, 0.3) is 0 Å². The number of methoxy groups -OCH3 is 1. The summed E-state index contributed by atoms with van der Waals surface area (Å²) in [7, 11) is 1.21. The first-order chi connectivity index (χ1) is 12.5. The molecule has 0 radical (unpaired) electrons. The van der Waals surface area contributed by atoms with Crippen LogP contribution in [0.1, 0.15) is 22.5 Å². The summed E-state index contributed by atoms with van der Waals surface area (Å²) in [5.74, 6) is -1.97. The van der Waals surface area contributed by atoms with E-state index in [1.807, 2.05) is 0 Å². The highest BCUT2D eigenvalue weighted by Gasteiger charge is 2.35. The number of halogens is 1. The van der Waals surface area contributed by atoms with Crippen LogP contribution in [0.4, 0.5) is 10.1 Å². The van der Waals surface area contributed by atoms with Crippen molar-refractivity contribution in [2.45, 2.75) is 13.0 Å². The molecule has 0 bridgehead atoms. The Labute approximate surface area is 148 Å². The molecule has 0 unspecified atom stereocenters. The van der Waals surface area contributed by atoms with Crippen molar-refractivity contribution < 1.29 is 27.9 Å². The topological polar surface area (TPSA) is 88.8 Å². The standard InChI is InChI=1S/C18H17FN2O5/c1-25-18(24)11-4-5-14(19)15(7-11)20-17(23)12-8-16(22)21(9-12)10-13-3-2-6-26-13/h2-7,12H,8-10H2,1H3,(H,20,23)/t12-/m1/s1. The highest BCUT2D eigenvalue weighted by atomic mass is 19.1. The van der Waals surface area contributed by atoms with E-state index in [4.69, 9.17) is 4.42 Å². The zero-order chi connectivity index (χ0) is 18.7. The molecule has 1 aromatic carbocycles. The third kappa shape index (κ3) is 3.74. The Morgan fingerprint density at radius 1 is 1.38 bits per heavy atom. The molecule has 136 valence electrons. The quantitative estimate of drug-likeness (QED) is 0.826. The van der Waals surface area contributed by atoms with Crippen LogP contribution in [0.3, 0.4) is 0 Å². The summed E-state index contributed by atoms with van der Waals surface area (Å²) in [6, 6.07) is 7.01. The van der Waals surface area contributed by atoms with E-state index >= 15 is 0 Å². The third-order valence-corrected chi connectivity index (χ3v) is 4.16. The molecule has 8 heteroatoms. The van der Waals surface area contributed by atoms with Gasteiger partial charge >= 0.3 is 5.97 Å². The second kappa shape index (κ2) is 7.38. The van der Waals surface area contributed by atoms with Gasteiger partial charge in [0, 0.05) is 13.0 Å². The lowest BCUT2D eigenvalue weighted by atomic mass is 10.1. The maximum absolute atomic E-state index is 13.9. The summed E-state index contributed by atoms with van der Waals surface area (Å²) < 4.78 is 23.7. The van der Waals surface area contributed by atoms with E-state index in [2.05, 4.69) is 10.1 Å². The van der Waals surface area contributed by atoms with Crippen molar-refractivity contribution in [2.24, 2.45) is 5.92 Å². The molecule has 3 rings (SSSR count). The fraction of sp³-hybridized carbons (Fsp3) is 0.278. The van der Waals surface area contributed by atoms with Crippen LogP contribution in [0.5, 0.6) is 0 Å². The molecule has 1 aromatic heterocycles. The van der Waals surface area contributed by atoms with Gasteiger partial charge in [0.05, 0.1) is 37.1 Å². The van der Waals surface area contributed by atoms with Crippen molar-refractivity contribution in [1.29, 1.82) is 0 Å². The van der Waals surface area contributed by atoms with Crippen LogP contribution < -0.4 is 5.32 Å². The number of nitrogens with zero attached hydrogens (tertiary/aromatic N) is 1. The fourth-order valence-corrected chi connectivity index (χ4v) is 2.79. The van der Waals surface area contributed by atoms with E-state index in [9.17, 15) is 18.8 Å². The maximum Gasteiger partial charge on any atom is 0.337 e. The molecule has 1 aliphatic rings. The third-order valence-electron chi connectivity index (χ3n) is 4.16. The highest BCUT2D eigenvalue weighted by Crippen LogP contribution is 2.23. The van der Waals surface area contributed by atoms with Crippen molar-refractivity contribution in [3.05, 3.63) is 53.7 Å². The van der Waals surface area contributed by atoms with Crippen LogP contribution in [-0.2, 0) is 20.9 Å². The number of nitrogens with one attached hydrogen (secondary N) is 1. The molecule has 1 atom stereocenters. The van der Waals surface area contributed by atoms with Crippen molar-refractivity contribution in [1.82, 2.24) is 4.90 Å². The lowest BCUT2D eigenvalue weighted by Gasteiger charge is -2.15. The number of carbonyl (C=O) groups is 3. The Balaban J connectivity index is 1.67. The smallest absolute Gasteiger partial charge is 0.337 e. The maximum atomic E-state index is 13.9. The van der Waals surface area contributed by atoms with Crippen LogP contribution in [0.15, 0.2) is 41.0 Å². The first-order valence-corrected chi connectivity index (χ1v) is 7.97. The van der Waals surface area contributed by atoms with Gasteiger partial charge in [-0.3, -0.25) is 9.59 Å². The molecular formula is C18H17FN2O5. The lowest BCUT2D eigenvalue weighted by Crippen LogP contribution is -2.28. The van der Waals surface area contributed by atoms with Gasteiger partial charge in [0.15, 0.2) is 0 Å². The van der Waals surface area contributed by atoms with Gasteiger partial charge in [-0.05, 0) is 30.3 Å². The Morgan fingerprint density at radius 2 is 2.19 bits per heavy atom. The van der Waals surface area contributed by atoms with Gasteiger partial charge < -0.3 is 19.4 Å². The molecule has 7 nitrogen and oxygen atoms in total. The van der Waals surface area contributed by atoms with Crippen LogP contribution in [0.2, 0.25) is 0 Å². The van der Waals surface area contributed by atoms with Crippen LogP contribution in [0, 0.1) is 11.7 Å². The van der Waals surface area contributed by atoms with Gasteiger partial charge in [-0.25, -0.2) is 9.18 Å². The van der Waals surface area contributed by atoms with Crippen molar-refractivity contribution in [3.8, 4) is 0 Å². The highest BCUT2D eigenvalue weighted by molar-refractivity contribution is 5.98. The lowest BCUT2D eigenvalue weighted by molar-refractivity contribution is -0.128. The number of esters is 1. The molecule has 1 saturated heterocycles. The molecule has 0 spiro atoms. The second-order valence-electron chi connectivity index (χ2n) is 5.93. The first-order valence-electron chi connectivity index (χ1n) is 7.97. The zero-order valence-electron chi connectivity index (χ0n) is 14.0. The molecule has 1 fully saturated rings. The minimum atomic E-state index is -0.678. The average Bonchev–Trinajstić information content (AvgIpc) is 3.27. The van der Waals surface area contributed by atoms with Gasteiger partial charge in [0.2, 0.25) is 11.8 Å². The average molecular weight is 360 g/mol. The Bertz CT molecular complexity index is 834. The number of amides is 2. The number of ether oxygens (including phenoxy) is 1. The van der Waals surface area contributed by atoms with E-state index in [1.165, 1.54) is 30.4 Å². The van der Waals surface area contributed by atoms with Crippen molar-refractivity contribution in [3.63, 3.8) is 0 Å². The fourth-order valence-electron chi connectivity index (χ4n) is 2.79. The molecule has 1 N–H and O–H groups in total. The molecule has 2 heterocycles. The summed E-state index contributed by atoms with van der Waals surface area (Å²) >= 11 is 0. The van der Waals surface area contributed by atoms with Gasteiger partial charge in [-0.15, -0.1) is 0 Å². The molecule has 2 aromatic rings. The number of furan rings is 1. The predicted molar refractivity (Wildman–Crippen MR) is 88.6 cm³/mol.